The van der Waals surface area contributed by atoms with Crippen molar-refractivity contribution in [1.82, 2.24) is 10.4 Å². The Morgan fingerprint density at radius 2 is 1.70 bits per heavy atom. The third kappa shape index (κ3) is 3.40. The molecule has 0 saturated heterocycles. The fraction of sp³-hybridized carbons (Fsp3) is 0. The van der Waals surface area contributed by atoms with Gasteiger partial charge in [-0.15, -0.1) is 0 Å². The monoisotopic (exact) mass is 377 g/mol. The van der Waals surface area contributed by atoms with Crippen molar-refractivity contribution in [3.05, 3.63) is 98.8 Å². The van der Waals surface area contributed by atoms with E-state index in [0.29, 0.717) is 27.8 Å². The topological polar surface area (TPSA) is 92.8 Å². The number of benzene rings is 2. The van der Waals surface area contributed by atoms with E-state index in [2.05, 4.69) is 20.5 Å². The van der Waals surface area contributed by atoms with Crippen molar-refractivity contribution in [3.63, 3.8) is 0 Å². The van der Waals surface area contributed by atoms with Crippen LogP contribution in [0.4, 0.5) is 11.4 Å². The Balaban J connectivity index is 1.83. The zero-order chi connectivity index (χ0) is 18.8. The van der Waals surface area contributed by atoms with Crippen LogP contribution in [0.3, 0.4) is 0 Å². The van der Waals surface area contributed by atoms with Crippen LogP contribution < -0.4 is 5.43 Å². The second-order valence-electron chi connectivity index (χ2n) is 5.73. The van der Waals surface area contributed by atoms with Gasteiger partial charge in [-0.3, -0.25) is 20.5 Å². The van der Waals surface area contributed by atoms with Crippen molar-refractivity contribution in [2.75, 3.05) is 0 Å². The Bertz CT molecular complexity index is 1080. The normalized spacial score (nSPS) is 12.9. The molecule has 0 fully saturated rings. The van der Waals surface area contributed by atoms with Crippen molar-refractivity contribution in [3.8, 4) is 0 Å². The molecule has 0 aliphatic carbocycles. The summed E-state index contributed by atoms with van der Waals surface area (Å²) in [6, 6.07) is 15.2. The van der Waals surface area contributed by atoms with Gasteiger partial charge in [0.25, 0.3) is 5.69 Å². The summed E-state index contributed by atoms with van der Waals surface area (Å²) >= 11 is 6.18. The third-order valence-corrected chi connectivity index (χ3v) is 4.26. The van der Waals surface area contributed by atoms with E-state index in [9.17, 15) is 10.1 Å². The van der Waals surface area contributed by atoms with Crippen LogP contribution in [0.25, 0.3) is 0 Å². The van der Waals surface area contributed by atoms with E-state index in [4.69, 9.17) is 11.6 Å². The Hall–Kier alpha value is -3.58. The first kappa shape index (κ1) is 16.9. The largest absolute Gasteiger partial charge is 0.269 e. The summed E-state index contributed by atoms with van der Waals surface area (Å²) in [5, 5.41) is 16.0. The molecule has 4 rings (SSSR count). The number of pyridine rings is 1. The number of hydrogen-bond acceptors (Lipinski definition) is 6. The summed E-state index contributed by atoms with van der Waals surface area (Å²) in [6.07, 6.45) is 3.35. The molecule has 0 radical (unpaired) electrons. The highest BCUT2D eigenvalue weighted by Crippen LogP contribution is 2.29. The predicted octanol–water partition coefficient (Wildman–Crippen LogP) is 4.08. The van der Waals surface area contributed by atoms with Gasteiger partial charge in [-0.05, 0) is 42.5 Å². The van der Waals surface area contributed by atoms with Gasteiger partial charge in [0.2, 0.25) is 0 Å². The van der Waals surface area contributed by atoms with Crippen LogP contribution in [0.5, 0.6) is 0 Å². The van der Waals surface area contributed by atoms with Gasteiger partial charge in [0.15, 0.2) is 5.84 Å². The average Bonchev–Trinajstić information content (AvgIpc) is 2.88. The molecule has 0 amide bonds. The number of nitro benzene ring substituents is 1. The fourth-order valence-electron chi connectivity index (χ4n) is 2.71. The molecule has 1 N–H and O–H groups in total. The molecular weight excluding hydrogens is 366 g/mol. The number of nitro groups is 1. The minimum Gasteiger partial charge on any atom is -0.265 e. The van der Waals surface area contributed by atoms with Crippen molar-refractivity contribution in [2.45, 2.75) is 0 Å². The molecule has 1 aromatic heterocycles. The molecular formula is C19H12ClN5O2. The fourth-order valence-corrected chi connectivity index (χ4v) is 2.88. The first-order chi connectivity index (χ1) is 13.1. The van der Waals surface area contributed by atoms with Gasteiger partial charge in [-0.1, -0.05) is 11.6 Å². The summed E-state index contributed by atoms with van der Waals surface area (Å²) in [5.74, 6) is 0.567. The standard InChI is InChI=1S/C19H12ClN5O2/c20-14-3-6-17-16(11-14)18(12-1-4-15(5-2-12)25(26)27)23-24-19(22-17)13-7-9-21-10-8-13/h1-11H,(H,22,24). The van der Waals surface area contributed by atoms with Crippen molar-refractivity contribution < 1.29 is 4.92 Å². The summed E-state index contributed by atoms with van der Waals surface area (Å²) in [7, 11) is 0. The molecule has 0 bridgehead atoms. The number of halogens is 1. The number of hydrazone groups is 1. The van der Waals surface area contributed by atoms with Gasteiger partial charge in [-0.2, -0.15) is 5.10 Å². The van der Waals surface area contributed by atoms with Crippen LogP contribution in [0.1, 0.15) is 16.7 Å². The summed E-state index contributed by atoms with van der Waals surface area (Å²) in [4.78, 5) is 19.2. The van der Waals surface area contributed by atoms with Gasteiger partial charge >= 0.3 is 0 Å². The van der Waals surface area contributed by atoms with Crippen LogP contribution in [-0.2, 0) is 0 Å². The molecule has 132 valence electrons. The third-order valence-electron chi connectivity index (χ3n) is 4.02. The summed E-state index contributed by atoms with van der Waals surface area (Å²) in [5.41, 5.74) is 6.55. The second-order valence-corrected chi connectivity index (χ2v) is 6.17. The molecule has 0 atom stereocenters. The van der Waals surface area contributed by atoms with Gasteiger partial charge in [0, 0.05) is 46.2 Å². The molecule has 8 heteroatoms. The molecule has 27 heavy (non-hydrogen) atoms. The van der Waals surface area contributed by atoms with E-state index >= 15 is 0 Å². The number of nitrogens with zero attached hydrogens (tertiary/aromatic N) is 4. The lowest BCUT2D eigenvalue weighted by Gasteiger charge is -2.08. The Labute approximate surface area is 159 Å². The number of non-ortho nitro benzene ring substituents is 1. The van der Waals surface area contributed by atoms with Crippen molar-refractivity contribution >= 4 is 34.5 Å². The molecule has 3 aromatic rings. The Kier molecular flexibility index (Phi) is 4.35. The van der Waals surface area contributed by atoms with E-state index in [1.54, 1.807) is 36.7 Å². The highest BCUT2D eigenvalue weighted by molar-refractivity contribution is 6.31. The Morgan fingerprint density at radius 3 is 2.41 bits per heavy atom. The predicted molar refractivity (Wildman–Crippen MR) is 104 cm³/mol. The van der Waals surface area contributed by atoms with E-state index in [-0.39, 0.29) is 5.69 Å². The van der Waals surface area contributed by atoms with E-state index in [1.807, 2.05) is 18.2 Å². The highest BCUT2D eigenvalue weighted by Gasteiger charge is 2.18. The number of hydrogen-bond donors (Lipinski definition) is 1. The van der Waals surface area contributed by atoms with E-state index < -0.39 is 4.92 Å². The molecule has 0 spiro atoms. The molecule has 2 aromatic carbocycles. The van der Waals surface area contributed by atoms with Crippen LogP contribution in [0.2, 0.25) is 5.02 Å². The number of nitrogens with one attached hydrogen (secondary N) is 1. The van der Waals surface area contributed by atoms with E-state index in [0.717, 1.165) is 11.1 Å². The maximum Gasteiger partial charge on any atom is 0.269 e. The van der Waals surface area contributed by atoms with Gasteiger partial charge in [0.1, 0.15) is 5.71 Å². The quantitative estimate of drug-likeness (QED) is 0.549. The van der Waals surface area contributed by atoms with Crippen LogP contribution >= 0.6 is 11.6 Å². The van der Waals surface area contributed by atoms with Crippen LogP contribution in [0, 0.1) is 10.1 Å². The SMILES string of the molecule is O=[N+]([O-])c1ccc(C2=NNC(c3ccncc3)=Nc3ccc(Cl)cc32)cc1. The molecule has 1 aliphatic rings. The summed E-state index contributed by atoms with van der Waals surface area (Å²) in [6.45, 7) is 0. The molecule has 2 heterocycles. The summed E-state index contributed by atoms with van der Waals surface area (Å²) < 4.78 is 0. The molecule has 0 saturated carbocycles. The van der Waals surface area contributed by atoms with Gasteiger partial charge in [0.05, 0.1) is 10.6 Å². The first-order valence-corrected chi connectivity index (χ1v) is 8.37. The number of aromatic nitrogens is 1. The minimum absolute atomic E-state index is 0.0148. The number of fused-ring (bicyclic) bond motifs is 1. The molecule has 7 nitrogen and oxygen atoms in total. The zero-order valence-corrected chi connectivity index (χ0v) is 14.6. The average molecular weight is 378 g/mol. The first-order valence-electron chi connectivity index (χ1n) is 7.99. The van der Waals surface area contributed by atoms with Gasteiger partial charge in [-0.25, -0.2) is 4.99 Å². The van der Waals surface area contributed by atoms with Gasteiger partial charge < -0.3 is 0 Å². The smallest absolute Gasteiger partial charge is 0.265 e. The molecule has 1 aliphatic heterocycles. The second kappa shape index (κ2) is 6.97. The van der Waals surface area contributed by atoms with Crippen LogP contribution in [-0.4, -0.2) is 21.5 Å². The molecule has 0 unspecified atom stereocenters. The van der Waals surface area contributed by atoms with Crippen LogP contribution in [0.15, 0.2) is 77.1 Å². The maximum atomic E-state index is 10.9. The highest BCUT2D eigenvalue weighted by atomic mass is 35.5. The zero-order valence-electron chi connectivity index (χ0n) is 13.8. The minimum atomic E-state index is -0.438. The van der Waals surface area contributed by atoms with E-state index in [1.165, 1.54) is 12.1 Å². The van der Waals surface area contributed by atoms with Crippen molar-refractivity contribution in [2.24, 2.45) is 10.1 Å². The maximum absolute atomic E-state index is 10.9. The number of amidine groups is 1. The van der Waals surface area contributed by atoms with Crippen molar-refractivity contribution in [1.29, 1.82) is 0 Å². The lowest BCUT2D eigenvalue weighted by Crippen LogP contribution is -2.19. The number of aliphatic imine (C=N–C) groups is 1. The lowest BCUT2D eigenvalue weighted by atomic mass is 10.0. The number of rotatable bonds is 3. The lowest BCUT2D eigenvalue weighted by molar-refractivity contribution is -0.384. The Morgan fingerprint density at radius 1 is 0.963 bits per heavy atom.